The molecule has 2 rings (SSSR count). The molecule has 0 bridgehead atoms. The van der Waals surface area contributed by atoms with Gasteiger partial charge in [0.2, 0.25) is 12.4 Å². The summed E-state index contributed by atoms with van der Waals surface area (Å²) in [6.45, 7) is 3.25. The number of carbonyl (C=O) groups is 4. The Morgan fingerprint density at radius 3 is 1.93 bits per heavy atom. The van der Waals surface area contributed by atoms with Crippen molar-refractivity contribution in [2.75, 3.05) is 7.11 Å². The van der Waals surface area contributed by atoms with Crippen LogP contribution >= 0.6 is 0 Å². The van der Waals surface area contributed by atoms with E-state index in [1.165, 1.54) is 12.1 Å². The molecule has 0 aliphatic carbocycles. The lowest BCUT2D eigenvalue weighted by Gasteiger charge is -2.43. The van der Waals surface area contributed by atoms with E-state index in [9.17, 15) is 24.3 Å². The van der Waals surface area contributed by atoms with E-state index < -0.39 is 54.6 Å². The van der Waals surface area contributed by atoms with Gasteiger partial charge in [0.25, 0.3) is 0 Å². The first kappa shape index (κ1) is 22.9. The molecule has 5 unspecified atom stereocenters. The fourth-order valence-electron chi connectivity index (χ4n) is 2.86. The number of rotatable bonds is 6. The SMILES string of the molecule is COC(=O)C1OC(Oc2ccccc2O)C(OC(C)=O)C(OC(C)=O)C1OC(C)=O. The lowest BCUT2D eigenvalue weighted by Crippen LogP contribution is -2.64. The van der Waals surface area contributed by atoms with Gasteiger partial charge in [0.15, 0.2) is 29.8 Å². The van der Waals surface area contributed by atoms with Gasteiger partial charge in [0.05, 0.1) is 7.11 Å². The molecule has 0 aromatic heterocycles. The second kappa shape index (κ2) is 9.92. The number of hydrogen-bond donors (Lipinski definition) is 1. The fourth-order valence-corrected chi connectivity index (χ4v) is 2.86. The predicted molar refractivity (Wildman–Crippen MR) is 96.1 cm³/mol. The van der Waals surface area contributed by atoms with Gasteiger partial charge in [-0.2, -0.15) is 0 Å². The summed E-state index contributed by atoms with van der Waals surface area (Å²) in [6, 6.07) is 5.84. The molecule has 164 valence electrons. The molecule has 1 aliphatic heterocycles. The zero-order valence-corrected chi connectivity index (χ0v) is 16.7. The molecule has 1 aromatic carbocycles. The molecule has 11 nitrogen and oxygen atoms in total. The number of ether oxygens (including phenoxy) is 6. The predicted octanol–water partition coefficient (Wildman–Crippen LogP) is 0.464. The molecule has 30 heavy (non-hydrogen) atoms. The molecular formula is C19H22O11. The highest BCUT2D eigenvalue weighted by Crippen LogP contribution is 2.33. The first-order valence-corrected chi connectivity index (χ1v) is 8.83. The van der Waals surface area contributed by atoms with Gasteiger partial charge in [-0.25, -0.2) is 4.79 Å². The van der Waals surface area contributed by atoms with Crippen LogP contribution in [0.15, 0.2) is 24.3 Å². The largest absolute Gasteiger partial charge is 0.504 e. The van der Waals surface area contributed by atoms with Crippen LogP contribution in [0.2, 0.25) is 0 Å². The summed E-state index contributed by atoms with van der Waals surface area (Å²) in [7, 11) is 1.08. The summed E-state index contributed by atoms with van der Waals surface area (Å²) in [6.07, 6.45) is -7.51. The Morgan fingerprint density at radius 2 is 1.40 bits per heavy atom. The van der Waals surface area contributed by atoms with Crippen molar-refractivity contribution in [3.05, 3.63) is 24.3 Å². The van der Waals surface area contributed by atoms with E-state index in [0.29, 0.717) is 0 Å². The van der Waals surface area contributed by atoms with Gasteiger partial charge in [-0.3, -0.25) is 14.4 Å². The number of carbonyl (C=O) groups excluding carboxylic acids is 4. The number of esters is 4. The van der Waals surface area contributed by atoms with Crippen LogP contribution in [0.25, 0.3) is 0 Å². The van der Waals surface area contributed by atoms with E-state index in [1.807, 2.05) is 0 Å². The van der Waals surface area contributed by atoms with E-state index in [1.54, 1.807) is 12.1 Å². The van der Waals surface area contributed by atoms with E-state index in [0.717, 1.165) is 27.9 Å². The second-order valence-corrected chi connectivity index (χ2v) is 6.26. The Bertz CT molecular complexity index is 805. The average molecular weight is 426 g/mol. The minimum absolute atomic E-state index is 0.0595. The van der Waals surface area contributed by atoms with Crippen LogP contribution in [0.1, 0.15) is 20.8 Å². The third-order valence-electron chi connectivity index (χ3n) is 3.94. The monoisotopic (exact) mass is 426 g/mol. The standard InChI is InChI=1S/C19H22O11/c1-9(20)26-14-15(27-10(2)21)17(28-11(3)22)19(30-16(14)18(24)25-4)29-13-8-6-5-7-12(13)23/h5-8,14-17,19,23H,1-4H3. The molecule has 5 atom stereocenters. The molecule has 1 fully saturated rings. The summed E-state index contributed by atoms with van der Waals surface area (Å²) in [5.41, 5.74) is 0. The second-order valence-electron chi connectivity index (χ2n) is 6.26. The third-order valence-corrected chi connectivity index (χ3v) is 3.94. The molecule has 1 aromatic rings. The fraction of sp³-hybridized carbons (Fsp3) is 0.474. The third kappa shape index (κ3) is 5.60. The summed E-state index contributed by atoms with van der Waals surface area (Å²) in [4.78, 5) is 47.3. The lowest BCUT2D eigenvalue weighted by molar-refractivity contribution is -0.282. The smallest absolute Gasteiger partial charge is 0.339 e. The molecule has 1 N–H and O–H groups in total. The van der Waals surface area contributed by atoms with Crippen molar-refractivity contribution in [1.82, 2.24) is 0 Å². The van der Waals surface area contributed by atoms with Crippen molar-refractivity contribution in [2.24, 2.45) is 0 Å². The van der Waals surface area contributed by atoms with Crippen molar-refractivity contribution in [1.29, 1.82) is 0 Å². The van der Waals surface area contributed by atoms with E-state index in [-0.39, 0.29) is 11.5 Å². The van der Waals surface area contributed by atoms with Gasteiger partial charge in [0, 0.05) is 20.8 Å². The number of aromatic hydroxyl groups is 1. The Labute approximate surface area is 171 Å². The van der Waals surface area contributed by atoms with Gasteiger partial charge >= 0.3 is 23.9 Å². The molecule has 1 heterocycles. The maximum atomic E-state index is 12.3. The minimum atomic E-state index is -1.58. The number of benzene rings is 1. The number of phenolic OH excluding ortho intramolecular Hbond substituents is 1. The summed E-state index contributed by atoms with van der Waals surface area (Å²) in [5, 5.41) is 9.98. The molecule has 0 radical (unpaired) electrons. The summed E-state index contributed by atoms with van der Waals surface area (Å²) < 4.78 is 31.4. The van der Waals surface area contributed by atoms with Crippen LogP contribution < -0.4 is 4.74 Å². The number of hydrogen-bond acceptors (Lipinski definition) is 11. The topological polar surface area (TPSA) is 144 Å². The molecule has 11 heteroatoms. The molecule has 0 saturated carbocycles. The maximum absolute atomic E-state index is 12.3. The highest BCUT2D eigenvalue weighted by Gasteiger charge is 2.55. The normalized spacial score (nSPS) is 25.5. The Morgan fingerprint density at radius 1 is 0.867 bits per heavy atom. The zero-order chi connectivity index (χ0) is 22.4. The van der Waals surface area contributed by atoms with Crippen LogP contribution in [-0.2, 0) is 42.9 Å². The Kier molecular flexibility index (Phi) is 7.59. The zero-order valence-electron chi connectivity index (χ0n) is 16.7. The lowest BCUT2D eigenvalue weighted by atomic mass is 9.97. The first-order chi connectivity index (χ1) is 14.1. The van der Waals surface area contributed by atoms with Crippen LogP contribution in [0, 0.1) is 0 Å². The first-order valence-electron chi connectivity index (χ1n) is 8.83. The van der Waals surface area contributed by atoms with Gasteiger partial charge in [-0.05, 0) is 12.1 Å². The number of methoxy groups -OCH3 is 1. The van der Waals surface area contributed by atoms with Gasteiger partial charge in [-0.15, -0.1) is 0 Å². The molecule has 1 aliphatic rings. The average Bonchev–Trinajstić information content (AvgIpc) is 2.66. The van der Waals surface area contributed by atoms with Crippen molar-refractivity contribution in [3.63, 3.8) is 0 Å². The maximum Gasteiger partial charge on any atom is 0.339 e. The Balaban J connectivity index is 2.51. The highest BCUT2D eigenvalue weighted by molar-refractivity contribution is 5.77. The number of para-hydroxylation sites is 2. The van der Waals surface area contributed by atoms with E-state index in [2.05, 4.69) is 4.74 Å². The van der Waals surface area contributed by atoms with Crippen molar-refractivity contribution in [3.8, 4) is 11.5 Å². The minimum Gasteiger partial charge on any atom is -0.504 e. The van der Waals surface area contributed by atoms with Gasteiger partial charge in [0.1, 0.15) is 0 Å². The summed E-state index contributed by atoms with van der Waals surface area (Å²) >= 11 is 0. The number of phenols is 1. The Hall–Kier alpha value is -3.34. The molecule has 1 saturated heterocycles. The van der Waals surface area contributed by atoms with Crippen LogP contribution in [0.4, 0.5) is 0 Å². The van der Waals surface area contributed by atoms with Gasteiger partial charge < -0.3 is 33.5 Å². The molecule has 0 amide bonds. The molecule has 0 spiro atoms. The van der Waals surface area contributed by atoms with Crippen molar-refractivity contribution < 1.29 is 52.7 Å². The highest BCUT2D eigenvalue weighted by atomic mass is 16.7. The van der Waals surface area contributed by atoms with Crippen molar-refractivity contribution >= 4 is 23.9 Å². The van der Waals surface area contributed by atoms with Gasteiger partial charge in [-0.1, -0.05) is 12.1 Å². The summed E-state index contributed by atoms with van der Waals surface area (Å²) in [5.74, 6) is -3.67. The van der Waals surface area contributed by atoms with Crippen LogP contribution in [0.5, 0.6) is 11.5 Å². The van der Waals surface area contributed by atoms with Crippen LogP contribution in [-0.4, -0.2) is 66.8 Å². The van der Waals surface area contributed by atoms with E-state index in [4.69, 9.17) is 23.7 Å². The van der Waals surface area contributed by atoms with E-state index >= 15 is 0 Å². The van der Waals surface area contributed by atoms with Crippen LogP contribution in [0.3, 0.4) is 0 Å². The quantitative estimate of drug-likeness (QED) is 0.500. The molecular weight excluding hydrogens is 404 g/mol. The van der Waals surface area contributed by atoms with Crippen molar-refractivity contribution in [2.45, 2.75) is 51.5 Å².